The van der Waals surface area contributed by atoms with Crippen LogP contribution < -0.4 is 5.32 Å². The van der Waals surface area contributed by atoms with E-state index in [4.69, 9.17) is 0 Å². The lowest BCUT2D eigenvalue weighted by molar-refractivity contribution is -0.140. The van der Waals surface area contributed by atoms with Gasteiger partial charge in [0.2, 0.25) is 11.8 Å². The number of carbonyl (C=O) groups is 2. The summed E-state index contributed by atoms with van der Waals surface area (Å²) in [5.41, 5.74) is 1.48. The third-order valence-electron chi connectivity index (χ3n) is 6.30. The van der Waals surface area contributed by atoms with Crippen LogP contribution in [0, 0.1) is 11.7 Å². The Morgan fingerprint density at radius 3 is 2.32 bits per heavy atom. The van der Waals surface area contributed by atoms with Gasteiger partial charge in [-0.2, -0.15) is 0 Å². The van der Waals surface area contributed by atoms with E-state index in [1.807, 2.05) is 42.5 Å². The fourth-order valence-corrected chi connectivity index (χ4v) is 4.79. The van der Waals surface area contributed by atoms with Crippen molar-refractivity contribution in [3.05, 3.63) is 71.5 Å². The number of hydrogen-bond acceptors (Lipinski definition) is 3. The maximum atomic E-state index is 13.1. The van der Waals surface area contributed by atoms with Crippen LogP contribution >= 0.6 is 0 Å². The summed E-state index contributed by atoms with van der Waals surface area (Å²) < 4.78 is 13.1. The SMILES string of the molecule is O=C1CC[C@@](c2ccccc2)(C2CCN(Cc3ccc([18F])cc3)CC2)C(=O)N1. The predicted molar refractivity (Wildman–Crippen MR) is 105 cm³/mol. The number of benzene rings is 2. The highest BCUT2D eigenvalue weighted by Gasteiger charge is 2.50. The summed E-state index contributed by atoms with van der Waals surface area (Å²) in [6.45, 7) is 2.56. The van der Waals surface area contributed by atoms with Crippen LogP contribution in [0.5, 0.6) is 0 Å². The molecule has 2 amide bonds. The van der Waals surface area contributed by atoms with Crippen molar-refractivity contribution < 1.29 is 14.0 Å². The summed E-state index contributed by atoms with van der Waals surface area (Å²) in [6.07, 6.45) is 2.76. The molecule has 0 unspecified atom stereocenters. The molecule has 1 atom stereocenters. The average Bonchev–Trinajstić information content (AvgIpc) is 2.72. The van der Waals surface area contributed by atoms with Gasteiger partial charge in [-0.05, 0) is 61.5 Å². The Morgan fingerprint density at radius 2 is 1.68 bits per heavy atom. The molecule has 2 aromatic rings. The van der Waals surface area contributed by atoms with Crippen LogP contribution in [-0.4, -0.2) is 29.8 Å². The lowest BCUT2D eigenvalue weighted by Gasteiger charge is -2.45. The minimum atomic E-state index is -0.628. The van der Waals surface area contributed by atoms with Gasteiger partial charge < -0.3 is 0 Å². The standard InChI is InChI=1S/C23H25FN2O2/c24-20-8-6-17(7-9-20)16-26-14-11-19(12-15-26)23(18-4-2-1-3-5-18)13-10-21(27)25-22(23)28/h1-9,19H,10-16H2,(H,25,27,28)/t23-/m1/s1/i24-1. The van der Waals surface area contributed by atoms with Crippen LogP contribution in [0.3, 0.4) is 0 Å². The van der Waals surface area contributed by atoms with Crippen molar-refractivity contribution in [2.24, 2.45) is 5.92 Å². The second-order valence-corrected chi connectivity index (χ2v) is 7.89. The van der Waals surface area contributed by atoms with Gasteiger partial charge in [-0.25, -0.2) is 4.39 Å². The van der Waals surface area contributed by atoms with E-state index in [1.165, 1.54) is 12.1 Å². The first-order valence-electron chi connectivity index (χ1n) is 9.94. The molecular formula is C23H25FN2O2. The smallest absolute Gasteiger partial charge is 0.237 e. The number of halogens is 1. The molecule has 1 N–H and O–H groups in total. The lowest BCUT2D eigenvalue weighted by Crippen LogP contribution is -2.57. The molecule has 2 saturated heterocycles. The number of nitrogens with zero attached hydrogens (tertiary/aromatic N) is 1. The van der Waals surface area contributed by atoms with Crippen LogP contribution in [0.15, 0.2) is 54.6 Å². The Labute approximate surface area is 164 Å². The quantitative estimate of drug-likeness (QED) is 0.829. The minimum absolute atomic E-state index is 0.146. The number of likely N-dealkylation sites (tertiary alicyclic amines) is 1. The lowest BCUT2D eigenvalue weighted by atomic mass is 9.62. The molecule has 0 aliphatic carbocycles. The van der Waals surface area contributed by atoms with E-state index in [-0.39, 0.29) is 23.5 Å². The molecule has 4 nitrogen and oxygen atoms in total. The van der Waals surface area contributed by atoms with E-state index in [0.717, 1.165) is 43.6 Å². The normalized spacial score (nSPS) is 24.2. The molecule has 0 aromatic heterocycles. The molecule has 2 fully saturated rings. The number of amides is 2. The van der Waals surface area contributed by atoms with Crippen molar-refractivity contribution in [3.63, 3.8) is 0 Å². The largest absolute Gasteiger partial charge is 0.299 e. The maximum absolute atomic E-state index is 13.1. The molecule has 28 heavy (non-hydrogen) atoms. The third-order valence-corrected chi connectivity index (χ3v) is 6.30. The molecule has 0 spiro atoms. The highest BCUT2D eigenvalue weighted by atomic mass is 18.2. The summed E-state index contributed by atoms with van der Waals surface area (Å²) >= 11 is 0. The first-order chi connectivity index (χ1) is 13.6. The Balaban J connectivity index is 1.51. The first-order valence-corrected chi connectivity index (χ1v) is 9.94. The molecule has 4 rings (SSSR count). The molecule has 5 heteroatoms. The number of piperidine rings is 2. The number of carbonyl (C=O) groups excluding carboxylic acids is 2. The molecule has 0 bridgehead atoms. The highest BCUT2D eigenvalue weighted by Crippen LogP contribution is 2.44. The van der Waals surface area contributed by atoms with Gasteiger partial charge in [-0.1, -0.05) is 42.5 Å². The summed E-state index contributed by atoms with van der Waals surface area (Å²) in [6, 6.07) is 16.6. The van der Waals surface area contributed by atoms with Gasteiger partial charge in [0.05, 0.1) is 5.41 Å². The third kappa shape index (κ3) is 3.59. The van der Waals surface area contributed by atoms with Crippen LogP contribution in [-0.2, 0) is 21.5 Å². The molecular weight excluding hydrogens is 354 g/mol. The van der Waals surface area contributed by atoms with Crippen molar-refractivity contribution in [1.29, 1.82) is 0 Å². The van der Waals surface area contributed by atoms with Crippen molar-refractivity contribution in [1.82, 2.24) is 10.2 Å². The molecule has 0 saturated carbocycles. The van der Waals surface area contributed by atoms with E-state index in [1.54, 1.807) is 0 Å². The van der Waals surface area contributed by atoms with Crippen molar-refractivity contribution >= 4 is 11.8 Å². The van der Waals surface area contributed by atoms with Crippen LogP contribution in [0.4, 0.5) is 4.39 Å². The first kappa shape index (κ1) is 18.8. The summed E-state index contributed by atoms with van der Waals surface area (Å²) in [4.78, 5) is 27.2. The van der Waals surface area contributed by atoms with Crippen molar-refractivity contribution in [3.8, 4) is 0 Å². The molecule has 0 radical (unpaired) electrons. The monoisotopic (exact) mass is 379 g/mol. The van der Waals surface area contributed by atoms with Crippen LogP contribution in [0.25, 0.3) is 0 Å². The number of hydrogen-bond donors (Lipinski definition) is 1. The van der Waals surface area contributed by atoms with Gasteiger partial charge >= 0.3 is 0 Å². The Hall–Kier alpha value is -2.53. The topological polar surface area (TPSA) is 49.4 Å². The number of rotatable bonds is 4. The van der Waals surface area contributed by atoms with E-state index in [9.17, 15) is 14.0 Å². The maximum Gasteiger partial charge on any atom is 0.237 e. The van der Waals surface area contributed by atoms with Crippen LogP contribution in [0.2, 0.25) is 0 Å². The molecule has 2 aliphatic heterocycles. The Kier molecular flexibility index (Phi) is 5.27. The summed E-state index contributed by atoms with van der Waals surface area (Å²) in [7, 11) is 0. The predicted octanol–water partition coefficient (Wildman–Crippen LogP) is 3.41. The second kappa shape index (κ2) is 7.84. The Morgan fingerprint density at radius 1 is 1.00 bits per heavy atom. The fraction of sp³-hybridized carbons (Fsp3) is 0.391. The van der Waals surface area contributed by atoms with E-state index in [2.05, 4.69) is 10.2 Å². The summed E-state index contributed by atoms with van der Waals surface area (Å²) in [5, 5.41) is 2.60. The van der Waals surface area contributed by atoms with Gasteiger partial charge in [-0.3, -0.25) is 19.8 Å². The van der Waals surface area contributed by atoms with Gasteiger partial charge in [0.25, 0.3) is 0 Å². The van der Waals surface area contributed by atoms with Crippen molar-refractivity contribution in [2.45, 2.75) is 37.6 Å². The fourth-order valence-electron chi connectivity index (χ4n) is 4.79. The van der Waals surface area contributed by atoms with Gasteiger partial charge in [0, 0.05) is 13.0 Å². The summed E-state index contributed by atoms with van der Waals surface area (Å²) in [5.74, 6) is -0.338. The number of nitrogens with one attached hydrogen (secondary N) is 1. The van der Waals surface area contributed by atoms with E-state index >= 15 is 0 Å². The zero-order chi connectivity index (χ0) is 19.6. The molecule has 2 heterocycles. The van der Waals surface area contributed by atoms with Crippen molar-refractivity contribution in [2.75, 3.05) is 13.1 Å². The zero-order valence-corrected chi connectivity index (χ0v) is 15.9. The van der Waals surface area contributed by atoms with Gasteiger partial charge in [-0.15, -0.1) is 0 Å². The minimum Gasteiger partial charge on any atom is -0.299 e. The van der Waals surface area contributed by atoms with Gasteiger partial charge in [0.1, 0.15) is 5.82 Å². The Bertz CT molecular complexity index is 845. The number of imide groups is 1. The molecule has 146 valence electrons. The second-order valence-electron chi connectivity index (χ2n) is 7.89. The molecule has 2 aromatic carbocycles. The molecule has 2 aliphatic rings. The van der Waals surface area contributed by atoms with Gasteiger partial charge in [0.15, 0.2) is 0 Å². The highest BCUT2D eigenvalue weighted by molar-refractivity contribution is 6.03. The van der Waals surface area contributed by atoms with E-state index < -0.39 is 5.41 Å². The average molecular weight is 379 g/mol. The zero-order valence-electron chi connectivity index (χ0n) is 15.9. The van der Waals surface area contributed by atoms with Crippen LogP contribution in [0.1, 0.15) is 36.8 Å². The van der Waals surface area contributed by atoms with E-state index in [0.29, 0.717) is 12.8 Å².